The normalized spacial score (nSPS) is 21.1. The summed E-state index contributed by atoms with van der Waals surface area (Å²) in [6.07, 6.45) is 4.00. The predicted molar refractivity (Wildman–Crippen MR) is 59.5 cm³/mol. The molecule has 1 aliphatic rings. The summed E-state index contributed by atoms with van der Waals surface area (Å²) in [5, 5.41) is 14.4. The van der Waals surface area contributed by atoms with Crippen LogP contribution in [0.3, 0.4) is 0 Å². The molecule has 1 aromatic rings. The average molecular weight is 275 g/mol. The lowest BCUT2D eigenvalue weighted by Crippen LogP contribution is -2.45. The van der Waals surface area contributed by atoms with Crippen LogP contribution in [-0.2, 0) is 11.8 Å². The lowest BCUT2D eigenvalue weighted by molar-refractivity contribution is -0.154. The van der Waals surface area contributed by atoms with Gasteiger partial charge >= 0.3 is 0 Å². The fraction of sp³-hybridized carbons (Fsp3) is 0.700. The molecule has 4 nitrogen and oxygen atoms in total. The van der Waals surface area contributed by atoms with Gasteiger partial charge in [-0.25, -0.2) is 0 Å². The van der Waals surface area contributed by atoms with Crippen LogP contribution in [0.4, 0.5) is 0 Å². The summed E-state index contributed by atoms with van der Waals surface area (Å²) in [6.45, 7) is 0. The minimum Gasteiger partial charge on any atom is -0.384 e. The number of methoxy groups -OCH3 is 1. The number of rotatable bonds is 3. The van der Waals surface area contributed by atoms with E-state index in [1.807, 2.05) is 7.05 Å². The van der Waals surface area contributed by atoms with Crippen molar-refractivity contribution in [3.63, 3.8) is 0 Å². The highest BCUT2D eigenvalue weighted by atomic mass is 79.9. The second-order valence-electron chi connectivity index (χ2n) is 4.03. The maximum Gasteiger partial charge on any atom is 0.126 e. The molecule has 15 heavy (non-hydrogen) atoms. The minimum absolute atomic E-state index is 0.406. The molecule has 0 aromatic carbocycles. The SMILES string of the molecule is COC1(C(O)c2c(Br)cnn2C)CCC1. The van der Waals surface area contributed by atoms with Gasteiger partial charge in [0.2, 0.25) is 0 Å². The summed E-state index contributed by atoms with van der Waals surface area (Å²) in [6, 6.07) is 0. The lowest BCUT2D eigenvalue weighted by atomic mass is 9.75. The van der Waals surface area contributed by atoms with E-state index in [1.54, 1.807) is 18.0 Å². The van der Waals surface area contributed by atoms with Crippen molar-refractivity contribution in [2.24, 2.45) is 7.05 Å². The van der Waals surface area contributed by atoms with Crippen molar-refractivity contribution < 1.29 is 9.84 Å². The Labute approximate surface area is 97.4 Å². The van der Waals surface area contributed by atoms with E-state index in [4.69, 9.17) is 4.74 Å². The fourth-order valence-electron chi connectivity index (χ4n) is 2.09. The maximum absolute atomic E-state index is 10.3. The topological polar surface area (TPSA) is 47.3 Å². The van der Waals surface area contributed by atoms with Gasteiger partial charge in [0.25, 0.3) is 0 Å². The number of aromatic nitrogens is 2. The first-order chi connectivity index (χ1) is 7.10. The number of nitrogens with zero attached hydrogens (tertiary/aromatic N) is 2. The monoisotopic (exact) mass is 274 g/mol. The van der Waals surface area contributed by atoms with E-state index in [0.29, 0.717) is 0 Å². The fourth-order valence-corrected chi connectivity index (χ4v) is 2.66. The van der Waals surface area contributed by atoms with Gasteiger partial charge in [-0.1, -0.05) is 0 Å². The average Bonchev–Trinajstić information content (AvgIpc) is 2.45. The summed E-state index contributed by atoms with van der Waals surface area (Å²) < 4.78 is 7.98. The van der Waals surface area contributed by atoms with Crippen LogP contribution >= 0.6 is 15.9 Å². The van der Waals surface area contributed by atoms with Crippen LogP contribution < -0.4 is 0 Å². The molecule has 1 saturated carbocycles. The van der Waals surface area contributed by atoms with Gasteiger partial charge in [0.05, 0.1) is 22.0 Å². The van der Waals surface area contributed by atoms with Crippen molar-refractivity contribution in [2.75, 3.05) is 7.11 Å². The third-order valence-electron chi connectivity index (χ3n) is 3.30. The minimum atomic E-state index is -0.613. The van der Waals surface area contributed by atoms with Crippen LogP contribution in [0.1, 0.15) is 31.1 Å². The van der Waals surface area contributed by atoms with Gasteiger partial charge in [-0.15, -0.1) is 0 Å². The highest BCUT2D eigenvalue weighted by molar-refractivity contribution is 9.10. The Kier molecular flexibility index (Phi) is 2.87. The summed E-state index contributed by atoms with van der Waals surface area (Å²) in [5.74, 6) is 0. The van der Waals surface area contributed by atoms with E-state index < -0.39 is 11.7 Å². The van der Waals surface area contributed by atoms with Crippen LogP contribution in [-0.4, -0.2) is 27.6 Å². The zero-order valence-electron chi connectivity index (χ0n) is 8.90. The molecule has 1 aliphatic carbocycles. The van der Waals surface area contributed by atoms with Gasteiger partial charge in [0.1, 0.15) is 6.10 Å². The molecule has 1 aromatic heterocycles. The highest BCUT2D eigenvalue weighted by Crippen LogP contribution is 2.45. The Hall–Kier alpha value is -0.390. The second-order valence-corrected chi connectivity index (χ2v) is 4.88. The molecule has 1 unspecified atom stereocenters. The predicted octanol–water partition coefficient (Wildman–Crippen LogP) is 1.79. The molecule has 0 bridgehead atoms. The van der Waals surface area contributed by atoms with Crippen molar-refractivity contribution in [1.29, 1.82) is 0 Å². The molecule has 1 atom stereocenters. The number of halogens is 1. The van der Waals surface area contributed by atoms with E-state index in [0.717, 1.165) is 29.4 Å². The van der Waals surface area contributed by atoms with Crippen molar-refractivity contribution in [1.82, 2.24) is 9.78 Å². The number of ether oxygens (including phenoxy) is 1. The number of aliphatic hydroxyl groups is 1. The first-order valence-corrected chi connectivity index (χ1v) is 5.80. The van der Waals surface area contributed by atoms with Crippen LogP contribution in [0, 0.1) is 0 Å². The number of aryl methyl sites for hydroxylation is 1. The Bertz CT molecular complexity index is 335. The molecule has 1 heterocycles. The first kappa shape index (κ1) is 11.1. The Morgan fingerprint density at radius 1 is 1.67 bits per heavy atom. The van der Waals surface area contributed by atoms with Crippen LogP contribution in [0.2, 0.25) is 0 Å². The molecule has 0 aliphatic heterocycles. The molecule has 1 fully saturated rings. The summed E-state index contributed by atoms with van der Waals surface area (Å²) in [4.78, 5) is 0. The van der Waals surface area contributed by atoms with Gasteiger partial charge in [0, 0.05) is 14.2 Å². The zero-order chi connectivity index (χ0) is 11.1. The molecular formula is C10H15BrN2O2. The van der Waals surface area contributed by atoms with Crippen LogP contribution in [0.15, 0.2) is 10.7 Å². The van der Waals surface area contributed by atoms with Crippen molar-refractivity contribution in [3.8, 4) is 0 Å². The zero-order valence-corrected chi connectivity index (χ0v) is 10.5. The number of aliphatic hydroxyl groups excluding tert-OH is 1. The van der Waals surface area contributed by atoms with Crippen molar-refractivity contribution in [2.45, 2.75) is 31.0 Å². The standard InChI is InChI=1S/C10H15BrN2O2/c1-13-8(7(11)6-12-13)9(14)10(15-2)4-3-5-10/h6,9,14H,3-5H2,1-2H3. The van der Waals surface area contributed by atoms with E-state index in [2.05, 4.69) is 21.0 Å². The third-order valence-corrected chi connectivity index (χ3v) is 3.91. The highest BCUT2D eigenvalue weighted by Gasteiger charge is 2.46. The first-order valence-electron chi connectivity index (χ1n) is 5.01. The molecule has 2 rings (SSSR count). The van der Waals surface area contributed by atoms with E-state index >= 15 is 0 Å². The quantitative estimate of drug-likeness (QED) is 0.914. The Morgan fingerprint density at radius 3 is 2.67 bits per heavy atom. The molecule has 5 heteroatoms. The summed E-state index contributed by atoms with van der Waals surface area (Å²) >= 11 is 3.39. The number of hydrogen-bond acceptors (Lipinski definition) is 3. The molecular weight excluding hydrogens is 260 g/mol. The largest absolute Gasteiger partial charge is 0.384 e. The Morgan fingerprint density at radius 2 is 2.33 bits per heavy atom. The Balaban J connectivity index is 2.31. The lowest BCUT2D eigenvalue weighted by Gasteiger charge is -2.44. The maximum atomic E-state index is 10.3. The van der Waals surface area contributed by atoms with E-state index in [-0.39, 0.29) is 0 Å². The van der Waals surface area contributed by atoms with E-state index in [9.17, 15) is 5.11 Å². The third kappa shape index (κ3) is 1.62. The van der Waals surface area contributed by atoms with Crippen molar-refractivity contribution >= 4 is 15.9 Å². The molecule has 0 radical (unpaired) electrons. The van der Waals surface area contributed by atoms with Gasteiger partial charge in [-0.05, 0) is 35.2 Å². The van der Waals surface area contributed by atoms with Gasteiger partial charge in [-0.2, -0.15) is 5.10 Å². The molecule has 1 N–H and O–H groups in total. The molecule has 0 saturated heterocycles. The van der Waals surface area contributed by atoms with Gasteiger partial charge in [0.15, 0.2) is 0 Å². The van der Waals surface area contributed by atoms with Gasteiger partial charge < -0.3 is 9.84 Å². The molecule has 0 amide bonds. The van der Waals surface area contributed by atoms with Crippen molar-refractivity contribution in [3.05, 3.63) is 16.4 Å². The second kappa shape index (κ2) is 3.88. The number of hydrogen-bond donors (Lipinski definition) is 1. The summed E-state index contributed by atoms with van der Waals surface area (Å²) in [5.41, 5.74) is 0.382. The smallest absolute Gasteiger partial charge is 0.126 e. The molecule has 0 spiro atoms. The van der Waals surface area contributed by atoms with Crippen LogP contribution in [0.25, 0.3) is 0 Å². The molecule has 84 valence electrons. The summed E-state index contributed by atoms with van der Waals surface area (Å²) in [7, 11) is 3.48. The van der Waals surface area contributed by atoms with Gasteiger partial charge in [-0.3, -0.25) is 4.68 Å². The van der Waals surface area contributed by atoms with E-state index in [1.165, 1.54) is 0 Å². The van der Waals surface area contributed by atoms with Crippen LogP contribution in [0.5, 0.6) is 0 Å².